The van der Waals surface area contributed by atoms with Gasteiger partial charge in [-0.25, -0.2) is 4.39 Å². The smallest absolute Gasteiger partial charge is 0.252 e. The van der Waals surface area contributed by atoms with E-state index in [-0.39, 0.29) is 35.2 Å². The van der Waals surface area contributed by atoms with Gasteiger partial charge in [0.05, 0.1) is 11.3 Å². The molecular formula is C14H20BrFN2O2. The number of nitrogens with two attached hydrogens (primary N) is 1. The van der Waals surface area contributed by atoms with E-state index < -0.39 is 5.82 Å². The first kappa shape index (κ1) is 16.9. The number of anilines is 1. The van der Waals surface area contributed by atoms with Gasteiger partial charge in [-0.3, -0.25) is 4.79 Å². The van der Waals surface area contributed by atoms with Crippen molar-refractivity contribution in [2.45, 2.75) is 33.2 Å². The van der Waals surface area contributed by atoms with Crippen LogP contribution in [0.25, 0.3) is 0 Å². The van der Waals surface area contributed by atoms with Crippen LogP contribution in [0.15, 0.2) is 16.6 Å². The third-order valence-electron chi connectivity index (χ3n) is 3.10. The fourth-order valence-corrected chi connectivity index (χ4v) is 2.32. The molecule has 0 fully saturated rings. The van der Waals surface area contributed by atoms with Crippen LogP contribution in [0.1, 0.15) is 37.6 Å². The van der Waals surface area contributed by atoms with Crippen LogP contribution in [0, 0.1) is 11.2 Å². The molecule has 0 aliphatic carbocycles. The molecule has 6 heteroatoms. The molecule has 112 valence electrons. The van der Waals surface area contributed by atoms with E-state index in [0.29, 0.717) is 10.9 Å². The van der Waals surface area contributed by atoms with Crippen LogP contribution >= 0.6 is 15.9 Å². The highest BCUT2D eigenvalue weighted by molar-refractivity contribution is 9.10. The van der Waals surface area contributed by atoms with Crippen LogP contribution < -0.4 is 11.1 Å². The molecule has 1 atom stereocenters. The molecule has 0 aromatic heterocycles. The summed E-state index contributed by atoms with van der Waals surface area (Å²) in [5, 5.41) is 11.9. The number of nitrogens with one attached hydrogen (secondary N) is 1. The van der Waals surface area contributed by atoms with Crippen molar-refractivity contribution in [1.29, 1.82) is 0 Å². The van der Waals surface area contributed by atoms with E-state index in [1.165, 1.54) is 12.1 Å². The second kappa shape index (κ2) is 6.54. The van der Waals surface area contributed by atoms with E-state index in [4.69, 9.17) is 10.8 Å². The van der Waals surface area contributed by atoms with Gasteiger partial charge in [-0.1, -0.05) is 20.8 Å². The van der Waals surface area contributed by atoms with Crippen LogP contribution in [-0.4, -0.2) is 23.7 Å². The largest absolute Gasteiger partial charge is 0.396 e. The van der Waals surface area contributed by atoms with Gasteiger partial charge < -0.3 is 16.2 Å². The SMILES string of the molecule is CC(C)(C)C(CCO)NC(=O)c1cc(N)c(F)cc1Br. The lowest BCUT2D eigenvalue weighted by Gasteiger charge is -2.31. The van der Waals surface area contributed by atoms with Crippen molar-refractivity contribution in [3.05, 3.63) is 28.0 Å². The first-order valence-corrected chi connectivity index (χ1v) is 7.12. The van der Waals surface area contributed by atoms with Crippen molar-refractivity contribution in [3.8, 4) is 0 Å². The molecule has 1 rings (SSSR count). The molecule has 1 unspecified atom stereocenters. The molecule has 0 spiro atoms. The van der Waals surface area contributed by atoms with E-state index in [2.05, 4.69) is 21.2 Å². The number of rotatable bonds is 4. The summed E-state index contributed by atoms with van der Waals surface area (Å²) < 4.78 is 13.6. The summed E-state index contributed by atoms with van der Waals surface area (Å²) in [5.74, 6) is -0.923. The summed E-state index contributed by atoms with van der Waals surface area (Å²) >= 11 is 3.16. The molecule has 1 aromatic rings. The first-order valence-electron chi connectivity index (χ1n) is 6.33. The molecule has 0 saturated heterocycles. The van der Waals surface area contributed by atoms with Gasteiger partial charge in [-0.2, -0.15) is 0 Å². The number of aliphatic hydroxyl groups is 1. The number of carbonyl (C=O) groups excluding carboxylic acids is 1. The number of halogens is 2. The van der Waals surface area contributed by atoms with Crippen molar-refractivity contribution < 1.29 is 14.3 Å². The van der Waals surface area contributed by atoms with Crippen molar-refractivity contribution >= 4 is 27.5 Å². The van der Waals surface area contributed by atoms with Gasteiger partial charge in [0.25, 0.3) is 5.91 Å². The average molecular weight is 347 g/mol. The van der Waals surface area contributed by atoms with E-state index in [1.807, 2.05) is 20.8 Å². The molecule has 0 heterocycles. The highest BCUT2D eigenvalue weighted by atomic mass is 79.9. The minimum Gasteiger partial charge on any atom is -0.396 e. The van der Waals surface area contributed by atoms with Gasteiger partial charge in [-0.05, 0) is 39.9 Å². The zero-order chi connectivity index (χ0) is 15.5. The number of hydrogen-bond donors (Lipinski definition) is 3. The van der Waals surface area contributed by atoms with Gasteiger partial charge in [0.2, 0.25) is 0 Å². The standard InChI is InChI=1S/C14H20BrFN2O2/c1-14(2,3)12(4-5-19)18-13(20)8-6-11(17)10(16)7-9(8)15/h6-7,12,19H,4-5,17H2,1-3H3,(H,18,20). The normalized spacial score (nSPS) is 13.1. The fraction of sp³-hybridized carbons (Fsp3) is 0.500. The van der Waals surface area contributed by atoms with E-state index >= 15 is 0 Å². The second-order valence-electron chi connectivity index (χ2n) is 5.76. The number of nitrogen functional groups attached to an aromatic ring is 1. The van der Waals surface area contributed by atoms with Gasteiger partial charge in [0.15, 0.2) is 0 Å². The lowest BCUT2D eigenvalue weighted by molar-refractivity contribution is 0.0884. The molecule has 4 N–H and O–H groups in total. The molecule has 0 bridgehead atoms. The molecule has 20 heavy (non-hydrogen) atoms. The summed E-state index contributed by atoms with van der Waals surface area (Å²) in [7, 11) is 0. The number of amides is 1. The maximum Gasteiger partial charge on any atom is 0.252 e. The molecule has 4 nitrogen and oxygen atoms in total. The Morgan fingerprint density at radius 2 is 2.10 bits per heavy atom. The Morgan fingerprint density at radius 1 is 1.50 bits per heavy atom. The summed E-state index contributed by atoms with van der Waals surface area (Å²) in [6.45, 7) is 5.90. The summed E-state index contributed by atoms with van der Waals surface area (Å²) in [6, 6.07) is 2.27. The number of benzene rings is 1. The Morgan fingerprint density at radius 3 is 2.60 bits per heavy atom. The zero-order valence-corrected chi connectivity index (χ0v) is 13.4. The Kier molecular flexibility index (Phi) is 5.53. The van der Waals surface area contributed by atoms with Crippen LogP contribution in [0.3, 0.4) is 0 Å². The number of aliphatic hydroxyl groups excluding tert-OH is 1. The Labute approximate surface area is 126 Å². The van der Waals surface area contributed by atoms with E-state index in [9.17, 15) is 9.18 Å². The number of carbonyl (C=O) groups is 1. The van der Waals surface area contributed by atoms with E-state index in [1.54, 1.807) is 0 Å². The van der Waals surface area contributed by atoms with Crippen molar-refractivity contribution in [1.82, 2.24) is 5.32 Å². The van der Waals surface area contributed by atoms with E-state index in [0.717, 1.165) is 0 Å². The molecule has 0 aliphatic rings. The minimum absolute atomic E-state index is 0.0189. The fourth-order valence-electron chi connectivity index (χ4n) is 1.83. The quantitative estimate of drug-likeness (QED) is 0.733. The molecule has 1 aromatic carbocycles. The molecule has 1 amide bonds. The maximum absolute atomic E-state index is 13.3. The van der Waals surface area contributed by atoms with Crippen LogP contribution in [-0.2, 0) is 0 Å². The molecular weight excluding hydrogens is 327 g/mol. The van der Waals surface area contributed by atoms with Crippen LogP contribution in [0.2, 0.25) is 0 Å². The third-order valence-corrected chi connectivity index (χ3v) is 3.76. The van der Waals surface area contributed by atoms with Crippen molar-refractivity contribution in [2.24, 2.45) is 5.41 Å². The third kappa shape index (κ3) is 4.18. The van der Waals surface area contributed by atoms with Gasteiger partial charge in [0.1, 0.15) is 5.82 Å². The van der Waals surface area contributed by atoms with Gasteiger partial charge in [-0.15, -0.1) is 0 Å². The predicted octanol–water partition coefficient (Wildman–Crippen LogP) is 2.70. The van der Waals surface area contributed by atoms with Gasteiger partial charge >= 0.3 is 0 Å². The predicted molar refractivity (Wildman–Crippen MR) is 80.9 cm³/mol. The molecule has 0 aliphatic heterocycles. The monoisotopic (exact) mass is 346 g/mol. The number of hydrogen-bond acceptors (Lipinski definition) is 3. The highest BCUT2D eigenvalue weighted by Gasteiger charge is 2.26. The highest BCUT2D eigenvalue weighted by Crippen LogP contribution is 2.25. The zero-order valence-electron chi connectivity index (χ0n) is 11.8. The van der Waals surface area contributed by atoms with Crippen molar-refractivity contribution in [3.63, 3.8) is 0 Å². The lowest BCUT2D eigenvalue weighted by atomic mass is 9.84. The molecule has 0 radical (unpaired) electrons. The summed E-state index contributed by atoms with van der Waals surface area (Å²) in [4.78, 5) is 12.3. The second-order valence-corrected chi connectivity index (χ2v) is 6.61. The Bertz CT molecular complexity index is 501. The summed E-state index contributed by atoms with van der Waals surface area (Å²) in [6.07, 6.45) is 0.448. The average Bonchev–Trinajstić information content (AvgIpc) is 2.32. The lowest BCUT2D eigenvalue weighted by Crippen LogP contribution is -2.44. The molecule has 0 saturated carbocycles. The Balaban J connectivity index is 2.98. The van der Waals surface area contributed by atoms with Crippen LogP contribution in [0.4, 0.5) is 10.1 Å². The Hall–Kier alpha value is -1.14. The maximum atomic E-state index is 13.3. The first-order chi connectivity index (χ1) is 9.16. The minimum atomic E-state index is -0.573. The topological polar surface area (TPSA) is 75.3 Å². The van der Waals surface area contributed by atoms with Crippen LogP contribution in [0.5, 0.6) is 0 Å². The van der Waals surface area contributed by atoms with Crippen molar-refractivity contribution in [2.75, 3.05) is 12.3 Å². The summed E-state index contributed by atoms with van der Waals surface area (Å²) in [5.41, 5.74) is 5.49. The van der Waals surface area contributed by atoms with Gasteiger partial charge in [0, 0.05) is 17.1 Å².